The number of sulfonamides is 1. The normalized spacial score (nSPS) is 12.4. The van der Waals surface area contributed by atoms with Crippen LogP contribution < -0.4 is 4.72 Å². The first kappa shape index (κ1) is 16.6. The molecule has 1 aromatic carbocycles. The Balaban J connectivity index is 3.42. The highest BCUT2D eigenvalue weighted by molar-refractivity contribution is 7.89. The third-order valence-corrected chi connectivity index (χ3v) is 4.79. The minimum atomic E-state index is -3.91. The summed E-state index contributed by atoms with van der Waals surface area (Å²) in [7, 11) is -3.91. The molecule has 112 valence electrons. The van der Waals surface area contributed by atoms with Gasteiger partial charge in [-0.05, 0) is 51.0 Å². The number of rotatable bonds is 5. The van der Waals surface area contributed by atoms with Gasteiger partial charge in [-0.1, -0.05) is 0 Å². The number of hydrogen-bond acceptors (Lipinski definition) is 4. The molecule has 0 aliphatic rings. The zero-order valence-electron chi connectivity index (χ0n) is 11.9. The van der Waals surface area contributed by atoms with Crippen molar-refractivity contribution in [2.75, 3.05) is 6.61 Å². The molecule has 6 nitrogen and oxygen atoms in total. The Morgan fingerprint density at radius 2 is 1.85 bits per heavy atom. The zero-order valence-corrected chi connectivity index (χ0v) is 12.7. The molecule has 0 aliphatic carbocycles. The van der Waals surface area contributed by atoms with Crippen LogP contribution in [-0.4, -0.2) is 36.7 Å². The molecule has 7 heteroatoms. The largest absolute Gasteiger partial charge is 0.478 e. The maximum absolute atomic E-state index is 12.3. The highest BCUT2D eigenvalue weighted by atomic mass is 32.2. The van der Waals surface area contributed by atoms with Crippen molar-refractivity contribution in [2.45, 2.75) is 38.1 Å². The predicted octanol–water partition coefficient (Wildman–Crippen LogP) is 1.05. The first-order valence-electron chi connectivity index (χ1n) is 5.99. The van der Waals surface area contributed by atoms with Crippen LogP contribution in [0.3, 0.4) is 0 Å². The molecular formula is C13H19NO5S. The maximum Gasteiger partial charge on any atom is 0.335 e. The summed E-state index contributed by atoms with van der Waals surface area (Å²) in [6, 6.07) is 2.55. The summed E-state index contributed by atoms with van der Waals surface area (Å²) in [5.74, 6) is -1.19. The topological polar surface area (TPSA) is 104 Å². The molecule has 20 heavy (non-hydrogen) atoms. The number of hydrogen-bond donors (Lipinski definition) is 3. The van der Waals surface area contributed by atoms with E-state index < -0.39 is 21.5 Å². The van der Waals surface area contributed by atoms with E-state index >= 15 is 0 Å². The number of aliphatic hydroxyl groups excluding tert-OH is 1. The Morgan fingerprint density at radius 3 is 2.30 bits per heavy atom. The quantitative estimate of drug-likeness (QED) is 0.754. The van der Waals surface area contributed by atoms with Crippen LogP contribution in [0, 0.1) is 13.8 Å². The van der Waals surface area contributed by atoms with Gasteiger partial charge in [-0.3, -0.25) is 0 Å². The number of aliphatic hydroxyl groups is 1. The highest BCUT2D eigenvalue weighted by Gasteiger charge is 2.28. The SMILES string of the molecule is Cc1cc(C(=O)O)cc(S(=O)(=O)NC(C)(C)CO)c1C. The zero-order chi connectivity index (χ0) is 15.7. The molecule has 0 saturated carbocycles. The van der Waals surface area contributed by atoms with Gasteiger partial charge in [0.25, 0.3) is 0 Å². The van der Waals surface area contributed by atoms with E-state index in [-0.39, 0.29) is 17.1 Å². The van der Waals surface area contributed by atoms with Crippen LogP contribution in [0.5, 0.6) is 0 Å². The summed E-state index contributed by atoms with van der Waals surface area (Å²) in [4.78, 5) is 10.9. The van der Waals surface area contributed by atoms with Gasteiger partial charge in [-0.15, -0.1) is 0 Å². The Morgan fingerprint density at radius 1 is 1.30 bits per heavy atom. The molecule has 3 N–H and O–H groups in total. The second-order valence-electron chi connectivity index (χ2n) is 5.37. The van der Waals surface area contributed by atoms with E-state index in [1.165, 1.54) is 19.9 Å². The van der Waals surface area contributed by atoms with Crippen LogP contribution in [0.25, 0.3) is 0 Å². The smallest absolute Gasteiger partial charge is 0.335 e. The number of carbonyl (C=O) groups is 1. The average Bonchev–Trinajstić information content (AvgIpc) is 2.30. The van der Waals surface area contributed by atoms with E-state index in [2.05, 4.69) is 4.72 Å². The van der Waals surface area contributed by atoms with Crippen molar-refractivity contribution in [3.05, 3.63) is 28.8 Å². The van der Waals surface area contributed by atoms with E-state index in [1.807, 2.05) is 0 Å². The molecule has 0 aliphatic heterocycles. The molecule has 0 radical (unpaired) electrons. The maximum atomic E-state index is 12.3. The fourth-order valence-corrected chi connectivity index (χ4v) is 3.43. The lowest BCUT2D eigenvalue weighted by Crippen LogP contribution is -2.46. The lowest BCUT2D eigenvalue weighted by Gasteiger charge is -2.24. The van der Waals surface area contributed by atoms with Gasteiger partial charge in [0, 0.05) is 0 Å². The molecule has 0 unspecified atom stereocenters. The van der Waals surface area contributed by atoms with Gasteiger partial charge in [0.05, 0.1) is 22.6 Å². The molecule has 0 saturated heterocycles. The van der Waals surface area contributed by atoms with E-state index in [0.29, 0.717) is 11.1 Å². The molecule has 0 bridgehead atoms. The third-order valence-electron chi connectivity index (χ3n) is 2.96. The van der Waals surface area contributed by atoms with Gasteiger partial charge in [-0.2, -0.15) is 0 Å². The second kappa shape index (κ2) is 5.51. The molecule has 1 rings (SSSR count). The molecule has 0 atom stereocenters. The molecule has 0 fully saturated rings. The summed E-state index contributed by atoms with van der Waals surface area (Å²) < 4.78 is 27.0. The van der Waals surface area contributed by atoms with Gasteiger partial charge in [0.1, 0.15) is 0 Å². The number of aryl methyl sites for hydroxylation is 1. The Labute approximate surface area is 118 Å². The van der Waals surface area contributed by atoms with Gasteiger partial charge < -0.3 is 10.2 Å². The van der Waals surface area contributed by atoms with Crippen LogP contribution in [0.1, 0.15) is 35.3 Å². The molecular weight excluding hydrogens is 282 g/mol. The lowest BCUT2D eigenvalue weighted by atomic mass is 10.1. The fourth-order valence-electron chi connectivity index (χ4n) is 1.68. The van der Waals surface area contributed by atoms with Gasteiger partial charge >= 0.3 is 5.97 Å². The number of carboxylic acids is 1. The van der Waals surface area contributed by atoms with Crippen molar-refractivity contribution in [3.63, 3.8) is 0 Å². The third kappa shape index (κ3) is 3.56. The first-order valence-corrected chi connectivity index (χ1v) is 7.48. The lowest BCUT2D eigenvalue weighted by molar-refractivity contribution is 0.0696. The summed E-state index contributed by atoms with van der Waals surface area (Å²) >= 11 is 0. The van der Waals surface area contributed by atoms with Crippen LogP contribution in [0.4, 0.5) is 0 Å². The van der Waals surface area contributed by atoms with Crippen LogP contribution in [0.15, 0.2) is 17.0 Å². The van der Waals surface area contributed by atoms with Gasteiger partial charge in [-0.25, -0.2) is 17.9 Å². The van der Waals surface area contributed by atoms with E-state index in [4.69, 9.17) is 10.2 Å². The summed E-state index contributed by atoms with van der Waals surface area (Å²) in [5, 5.41) is 18.2. The van der Waals surface area contributed by atoms with E-state index in [0.717, 1.165) is 6.07 Å². The minimum Gasteiger partial charge on any atom is -0.478 e. The summed E-state index contributed by atoms with van der Waals surface area (Å²) in [6.45, 7) is 5.96. The van der Waals surface area contributed by atoms with Crippen molar-refractivity contribution in [1.29, 1.82) is 0 Å². The monoisotopic (exact) mass is 301 g/mol. The first-order chi connectivity index (χ1) is 9.00. The van der Waals surface area contributed by atoms with E-state index in [9.17, 15) is 13.2 Å². The van der Waals surface area contributed by atoms with Crippen LogP contribution in [0.2, 0.25) is 0 Å². The van der Waals surface area contributed by atoms with Crippen LogP contribution >= 0.6 is 0 Å². The molecule has 1 aromatic rings. The average molecular weight is 301 g/mol. The van der Waals surface area contributed by atoms with Gasteiger partial charge in [0.2, 0.25) is 10.0 Å². The van der Waals surface area contributed by atoms with Crippen molar-refractivity contribution in [1.82, 2.24) is 4.72 Å². The Hall–Kier alpha value is -1.44. The van der Waals surface area contributed by atoms with Crippen molar-refractivity contribution < 1.29 is 23.4 Å². The molecule has 0 amide bonds. The van der Waals surface area contributed by atoms with Gasteiger partial charge in [0.15, 0.2) is 0 Å². The molecule has 0 spiro atoms. The predicted molar refractivity (Wildman–Crippen MR) is 74.4 cm³/mol. The number of benzene rings is 1. The van der Waals surface area contributed by atoms with Crippen LogP contribution in [-0.2, 0) is 10.0 Å². The Bertz CT molecular complexity index is 634. The highest BCUT2D eigenvalue weighted by Crippen LogP contribution is 2.22. The number of nitrogens with one attached hydrogen (secondary N) is 1. The molecule has 0 aromatic heterocycles. The summed E-state index contributed by atoms with van der Waals surface area (Å²) in [5.41, 5.74) is -0.0584. The molecule has 0 heterocycles. The fraction of sp³-hybridized carbons (Fsp3) is 0.462. The number of aromatic carboxylic acids is 1. The second-order valence-corrected chi connectivity index (χ2v) is 7.02. The Kier molecular flexibility index (Phi) is 4.58. The standard InChI is InChI=1S/C13H19NO5S/c1-8-5-10(12(16)17)6-11(9(8)2)20(18,19)14-13(3,4)7-15/h5-6,14-15H,7H2,1-4H3,(H,16,17). The minimum absolute atomic E-state index is 0.0866. The van der Waals surface area contributed by atoms with Crippen molar-refractivity contribution >= 4 is 16.0 Å². The summed E-state index contributed by atoms with van der Waals surface area (Å²) in [6.07, 6.45) is 0. The number of carboxylic acid groups (broad SMARTS) is 1. The van der Waals surface area contributed by atoms with Crippen molar-refractivity contribution in [2.24, 2.45) is 0 Å². The van der Waals surface area contributed by atoms with Crippen molar-refractivity contribution in [3.8, 4) is 0 Å². The van der Waals surface area contributed by atoms with E-state index in [1.54, 1.807) is 13.8 Å².